The molecule has 0 aliphatic carbocycles. The molecule has 1 aliphatic rings. The van der Waals surface area contributed by atoms with Crippen LogP contribution in [0, 0.1) is 0 Å². The van der Waals surface area contributed by atoms with Gasteiger partial charge in [-0.1, -0.05) is 54.1 Å². The number of nitrogens with one attached hydrogen (secondary N) is 1. The Bertz CT molecular complexity index is 838. The van der Waals surface area contributed by atoms with Crippen molar-refractivity contribution in [2.45, 2.75) is 12.5 Å². The molecule has 0 aromatic heterocycles. The van der Waals surface area contributed by atoms with Crippen LogP contribution in [0.5, 0.6) is 0 Å². The summed E-state index contributed by atoms with van der Waals surface area (Å²) in [6.45, 7) is 0.573. The molecule has 1 saturated heterocycles. The van der Waals surface area contributed by atoms with E-state index in [0.717, 1.165) is 5.56 Å². The van der Waals surface area contributed by atoms with Crippen molar-refractivity contribution < 1.29 is 13.2 Å². The van der Waals surface area contributed by atoms with Crippen molar-refractivity contribution in [2.75, 3.05) is 18.8 Å². The molecule has 5 nitrogen and oxygen atoms in total. The first-order valence-corrected chi connectivity index (χ1v) is 10.0. The lowest BCUT2D eigenvalue weighted by molar-refractivity contribution is -0.126. The summed E-state index contributed by atoms with van der Waals surface area (Å²) in [5.41, 5.74) is 1.57. The van der Waals surface area contributed by atoms with Crippen LogP contribution in [0.15, 0.2) is 54.6 Å². The number of piperazine rings is 1. The van der Waals surface area contributed by atoms with Crippen molar-refractivity contribution in [3.8, 4) is 0 Å². The third-order valence-electron chi connectivity index (χ3n) is 4.20. The zero-order valence-electron chi connectivity index (χ0n) is 13.6. The molecule has 0 bridgehead atoms. The minimum absolute atomic E-state index is 0.0334. The number of sulfonamides is 1. The quantitative estimate of drug-likeness (QED) is 0.868. The lowest BCUT2D eigenvalue weighted by Crippen LogP contribution is -2.52. The number of carbonyl (C=O) groups is 1. The molecular weight excluding hydrogens is 360 g/mol. The zero-order valence-corrected chi connectivity index (χ0v) is 15.1. The third kappa shape index (κ3) is 4.21. The van der Waals surface area contributed by atoms with Crippen molar-refractivity contribution in [1.29, 1.82) is 0 Å². The molecule has 1 N–H and O–H groups in total. The maximum absolute atomic E-state index is 12.9. The van der Waals surface area contributed by atoms with Gasteiger partial charge in [0.15, 0.2) is 0 Å². The van der Waals surface area contributed by atoms with Gasteiger partial charge in [0.1, 0.15) is 6.04 Å². The van der Waals surface area contributed by atoms with Crippen molar-refractivity contribution in [3.05, 3.63) is 70.7 Å². The van der Waals surface area contributed by atoms with Gasteiger partial charge in [-0.05, 0) is 29.7 Å². The van der Waals surface area contributed by atoms with Crippen LogP contribution in [-0.4, -0.2) is 37.5 Å². The SMILES string of the molecule is O=C1NCCN(S(=O)(=O)CCc2ccccc2)C1c1ccc(Cl)cc1. The van der Waals surface area contributed by atoms with Crippen LogP contribution < -0.4 is 5.32 Å². The lowest BCUT2D eigenvalue weighted by atomic mass is 10.1. The number of halogens is 1. The standard InChI is InChI=1S/C18H19ClN2O3S/c19-16-8-6-15(7-9-16)17-18(22)20-11-12-21(17)25(23,24)13-10-14-4-2-1-3-5-14/h1-9,17H,10-13H2,(H,20,22). The smallest absolute Gasteiger partial charge is 0.243 e. The van der Waals surface area contributed by atoms with E-state index in [1.165, 1.54) is 4.31 Å². The Morgan fingerprint density at radius 2 is 1.76 bits per heavy atom. The maximum atomic E-state index is 12.9. The third-order valence-corrected chi connectivity index (χ3v) is 6.28. The van der Waals surface area contributed by atoms with Crippen molar-refractivity contribution >= 4 is 27.5 Å². The van der Waals surface area contributed by atoms with E-state index in [9.17, 15) is 13.2 Å². The lowest BCUT2D eigenvalue weighted by Gasteiger charge is -2.34. The summed E-state index contributed by atoms with van der Waals surface area (Å²) in [4.78, 5) is 12.4. The molecule has 2 aromatic rings. The van der Waals surface area contributed by atoms with Crippen molar-refractivity contribution in [2.24, 2.45) is 0 Å². The van der Waals surface area contributed by atoms with Crippen molar-refractivity contribution in [3.63, 3.8) is 0 Å². The fraction of sp³-hybridized carbons (Fsp3) is 0.278. The van der Waals surface area contributed by atoms with Crippen LogP contribution in [0.3, 0.4) is 0 Å². The highest BCUT2D eigenvalue weighted by molar-refractivity contribution is 7.89. The first kappa shape index (κ1) is 17.9. The molecule has 1 amide bonds. The molecule has 3 rings (SSSR count). The van der Waals surface area contributed by atoms with Gasteiger partial charge in [0.05, 0.1) is 5.75 Å². The Hall–Kier alpha value is -1.89. The van der Waals surface area contributed by atoms with E-state index in [4.69, 9.17) is 11.6 Å². The summed E-state index contributed by atoms with van der Waals surface area (Å²) in [5.74, 6) is -0.342. The van der Waals surface area contributed by atoms with E-state index < -0.39 is 16.1 Å². The molecule has 1 fully saturated rings. The van der Waals surface area contributed by atoms with Gasteiger partial charge in [-0.25, -0.2) is 8.42 Å². The van der Waals surface area contributed by atoms with Crippen molar-refractivity contribution in [1.82, 2.24) is 9.62 Å². The van der Waals surface area contributed by atoms with Crippen LogP contribution in [0.25, 0.3) is 0 Å². The summed E-state index contributed by atoms with van der Waals surface area (Å²) in [7, 11) is -3.58. The number of amides is 1. The monoisotopic (exact) mass is 378 g/mol. The Balaban J connectivity index is 1.83. The molecule has 1 heterocycles. The number of benzene rings is 2. The summed E-state index contributed by atoms with van der Waals surface area (Å²) >= 11 is 5.90. The predicted molar refractivity (Wildman–Crippen MR) is 97.8 cm³/mol. The van der Waals surface area contributed by atoms with Crippen LogP contribution in [0.2, 0.25) is 5.02 Å². The van der Waals surface area contributed by atoms with E-state index in [-0.39, 0.29) is 18.2 Å². The Kier molecular flexibility index (Phi) is 5.42. The summed E-state index contributed by atoms with van der Waals surface area (Å²) in [5, 5.41) is 3.28. The van der Waals surface area contributed by atoms with Crippen LogP contribution in [-0.2, 0) is 21.2 Å². The van der Waals surface area contributed by atoms with Gasteiger partial charge in [0.25, 0.3) is 0 Å². The second-order valence-corrected chi connectivity index (χ2v) is 8.38. The van der Waals surface area contributed by atoms with Crippen LogP contribution in [0.1, 0.15) is 17.2 Å². The van der Waals surface area contributed by atoms with E-state index >= 15 is 0 Å². The second kappa shape index (κ2) is 7.56. The summed E-state index contributed by atoms with van der Waals surface area (Å²) in [6, 6.07) is 15.3. The Morgan fingerprint density at radius 3 is 2.44 bits per heavy atom. The number of rotatable bonds is 5. The highest BCUT2D eigenvalue weighted by Crippen LogP contribution is 2.27. The molecule has 1 atom stereocenters. The van der Waals surface area contributed by atoms with E-state index in [2.05, 4.69) is 5.32 Å². The Labute approximate surface area is 152 Å². The van der Waals surface area contributed by atoms with Gasteiger partial charge < -0.3 is 5.32 Å². The number of nitrogens with zero attached hydrogens (tertiary/aromatic N) is 1. The molecule has 1 aliphatic heterocycles. The van der Waals surface area contributed by atoms with E-state index in [0.29, 0.717) is 23.6 Å². The topological polar surface area (TPSA) is 66.5 Å². The number of hydrogen-bond donors (Lipinski definition) is 1. The van der Waals surface area contributed by atoms with Crippen LogP contribution >= 0.6 is 11.6 Å². The summed E-state index contributed by atoms with van der Waals surface area (Å²) in [6.07, 6.45) is 0.411. The first-order chi connectivity index (χ1) is 12.0. The molecule has 1 unspecified atom stereocenters. The normalized spacial score (nSPS) is 18.8. The average molecular weight is 379 g/mol. The van der Waals surface area contributed by atoms with Gasteiger partial charge in [0.2, 0.25) is 15.9 Å². The second-order valence-electron chi connectivity index (χ2n) is 5.91. The Morgan fingerprint density at radius 1 is 1.08 bits per heavy atom. The minimum atomic E-state index is -3.58. The number of carbonyl (C=O) groups excluding carboxylic acids is 1. The molecule has 25 heavy (non-hydrogen) atoms. The summed E-state index contributed by atoms with van der Waals surface area (Å²) < 4.78 is 27.1. The molecule has 132 valence electrons. The number of aryl methyl sites for hydroxylation is 1. The van der Waals surface area contributed by atoms with Crippen LogP contribution in [0.4, 0.5) is 0 Å². The largest absolute Gasteiger partial charge is 0.353 e. The highest BCUT2D eigenvalue weighted by Gasteiger charge is 2.38. The number of hydrogen-bond acceptors (Lipinski definition) is 3. The van der Waals surface area contributed by atoms with E-state index in [1.807, 2.05) is 30.3 Å². The van der Waals surface area contributed by atoms with Gasteiger partial charge in [0, 0.05) is 18.1 Å². The van der Waals surface area contributed by atoms with Gasteiger partial charge >= 0.3 is 0 Å². The minimum Gasteiger partial charge on any atom is -0.353 e. The molecular formula is C18H19ClN2O3S. The average Bonchev–Trinajstić information content (AvgIpc) is 2.62. The predicted octanol–water partition coefficient (Wildman–Crippen LogP) is 2.39. The van der Waals surface area contributed by atoms with Gasteiger partial charge in [-0.2, -0.15) is 4.31 Å². The fourth-order valence-corrected chi connectivity index (χ4v) is 4.68. The zero-order chi connectivity index (χ0) is 17.9. The maximum Gasteiger partial charge on any atom is 0.243 e. The molecule has 0 radical (unpaired) electrons. The fourth-order valence-electron chi connectivity index (χ4n) is 2.92. The van der Waals surface area contributed by atoms with E-state index in [1.54, 1.807) is 24.3 Å². The van der Waals surface area contributed by atoms with Gasteiger partial charge in [-0.3, -0.25) is 4.79 Å². The molecule has 7 heteroatoms. The molecule has 0 saturated carbocycles. The molecule has 2 aromatic carbocycles. The highest BCUT2D eigenvalue weighted by atomic mass is 35.5. The molecule has 0 spiro atoms. The first-order valence-electron chi connectivity index (χ1n) is 8.04. The van der Waals surface area contributed by atoms with Gasteiger partial charge in [-0.15, -0.1) is 0 Å².